The highest BCUT2D eigenvalue weighted by Gasteiger charge is 2.13. The molecule has 9 heteroatoms. The van der Waals surface area contributed by atoms with Crippen LogP contribution in [0.2, 0.25) is 0 Å². The summed E-state index contributed by atoms with van der Waals surface area (Å²) in [5.41, 5.74) is 4.29. The fourth-order valence-electron chi connectivity index (χ4n) is 3.07. The van der Waals surface area contributed by atoms with Gasteiger partial charge in [0.05, 0.1) is 24.1 Å². The first-order valence-corrected chi connectivity index (χ1v) is 9.47. The molecule has 0 aliphatic heterocycles. The molecule has 0 spiro atoms. The van der Waals surface area contributed by atoms with E-state index >= 15 is 0 Å². The molecule has 2 aromatic heterocycles. The van der Waals surface area contributed by atoms with E-state index in [-0.39, 0.29) is 17.4 Å². The highest BCUT2D eigenvalue weighted by molar-refractivity contribution is 6.03. The number of carbonyl (C=O) groups excluding carboxylic acids is 1. The van der Waals surface area contributed by atoms with Gasteiger partial charge in [0.1, 0.15) is 11.4 Å². The average molecular weight is 423 g/mol. The van der Waals surface area contributed by atoms with Gasteiger partial charge in [-0.2, -0.15) is 19.0 Å². The smallest absolute Gasteiger partial charge is 0.387 e. The Labute approximate surface area is 176 Å². The Kier molecular flexibility index (Phi) is 5.74. The molecule has 0 aliphatic rings. The maximum atomic E-state index is 12.5. The lowest BCUT2D eigenvalue weighted by molar-refractivity contribution is -0.0498. The Hall–Kier alpha value is -4.01. The van der Waals surface area contributed by atoms with Crippen LogP contribution >= 0.6 is 0 Å². The van der Waals surface area contributed by atoms with Crippen LogP contribution in [0.25, 0.3) is 11.3 Å². The zero-order valence-corrected chi connectivity index (χ0v) is 16.5. The van der Waals surface area contributed by atoms with Crippen LogP contribution in [0, 0.1) is 6.92 Å². The molecular weight excluding hydrogens is 404 g/mol. The summed E-state index contributed by atoms with van der Waals surface area (Å²) in [5.74, 6) is -0.318. The number of aromatic nitrogens is 4. The molecule has 4 aromatic rings. The van der Waals surface area contributed by atoms with E-state index in [1.165, 1.54) is 17.7 Å². The van der Waals surface area contributed by atoms with Gasteiger partial charge in [0, 0.05) is 11.8 Å². The van der Waals surface area contributed by atoms with Crippen molar-refractivity contribution in [2.24, 2.45) is 0 Å². The van der Waals surface area contributed by atoms with Gasteiger partial charge in [-0.25, -0.2) is 0 Å². The van der Waals surface area contributed by atoms with Gasteiger partial charge < -0.3 is 10.1 Å². The highest BCUT2D eigenvalue weighted by atomic mass is 19.3. The van der Waals surface area contributed by atoms with Crippen molar-refractivity contribution in [3.05, 3.63) is 83.8 Å². The molecule has 0 saturated carbocycles. The summed E-state index contributed by atoms with van der Waals surface area (Å²) in [5, 5.41) is 13.9. The monoisotopic (exact) mass is 423 g/mol. The van der Waals surface area contributed by atoms with Crippen molar-refractivity contribution in [3.8, 4) is 17.0 Å². The Bertz CT molecular complexity index is 1180. The number of carbonyl (C=O) groups is 1. The van der Waals surface area contributed by atoms with Gasteiger partial charge >= 0.3 is 6.61 Å². The van der Waals surface area contributed by atoms with Crippen LogP contribution in [0.4, 0.5) is 14.5 Å². The second-order valence-electron chi connectivity index (χ2n) is 6.88. The van der Waals surface area contributed by atoms with Crippen molar-refractivity contribution < 1.29 is 18.3 Å². The summed E-state index contributed by atoms with van der Waals surface area (Å²) in [4.78, 5) is 12.5. The Balaban J connectivity index is 1.40. The van der Waals surface area contributed by atoms with Crippen molar-refractivity contribution in [2.45, 2.75) is 20.1 Å². The van der Waals surface area contributed by atoms with Gasteiger partial charge in [0.25, 0.3) is 5.91 Å². The third kappa shape index (κ3) is 4.95. The molecule has 0 radical (unpaired) electrons. The van der Waals surface area contributed by atoms with Crippen LogP contribution in [-0.2, 0) is 6.54 Å². The van der Waals surface area contributed by atoms with Gasteiger partial charge in [-0.1, -0.05) is 24.3 Å². The van der Waals surface area contributed by atoms with E-state index in [1.54, 1.807) is 35.3 Å². The molecule has 0 fully saturated rings. The van der Waals surface area contributed by atoms with Gasteiger partial charge in [-0.15, -0.1) is 0 Å². The van der Waals surface area contributed by atoms with Crippen molar-refractivity contribution in [1.82, 2.24) is 20.0 Å². The highest BCUT2D eigenvalue weighted by Crippen LogP contribution is 2.22. The number of hydrogen-bond donors (Lipinski definition) is 2. The van der Waals surface area contributed by atoms with E-state index in [1.807, 2.05) is 31.2 Å². The first kappa shape index (κ1) is 20.3. The third-order valence-electron chi connectivity index (χ3n) is 4.68. The van der Waals surface area contributed by atoms with Crippen molar-refractivity contribution >= 4 is 11.6 Å². The fraction of sp³-hybridized carbons (Fsp3) is 0.136. The number of benzene rings is 2. The first-order valence-electron chi connectivity index (χ1n) is 9.47. The van der Waals surface area contributed by atoms with E-state index in [0.717, 1.165) is 5.56 Å². The molecule has 0 aliphatic carbocycles. The molecule has 0 atom stereocenters. The molecule has 4 rings (SSSR count). The van der Waals surface area contributed by atoms with Crippen LogP contribution < -0.4 is 10.1 Å². The maximum absolute atomic E-state index is 12.5. The second kappa shape index (κ2) is 8.78. The third-order valence-corrected chi connectivity index (χ3v) is 4.68. The van der Waals surface area contributed by atoms with E-state index < -0.39 is 6.61 Å². The van der Waals surface area contributed by atoms with Gasteiger partial charge in [-0.3, -0.25) is 14.6 Å². The molecule has 31 heavy (non-hydrogen) atoms. The second-order valence-corrected chi connectivity index (χ2v) is 6.88. The largest absolute Gasteiger partial charge is 0.435 e. The standard InChI is InChI=1S/C22H19F2N5O2/c1-14-4-2-3-5-16(14)12-29-13-17(11-25-29)26-21(30)20-10-19(27-28-20)15-6-8-18(9-7-15)31-22(23)24/h2-11,13,22H,12H2,1H3,(H,26,30)(H,27,28). The Morgan fingerprint density at radius 3 is 2.71 bits per heavy atom. The molecular formula is C22H19F2N5O2. The summed E-state index contributed by atoms with van der Waals surface area (Å²) in [6.07, 6.45) is 3.33. The van der Waals surface area contributed by atoms with E-state index in [4.69, 9.17) is 0 Å². The first-order chi connectivity index (χ1) is 15.0. The number of ether oxygens (including phenoxy) is 1. The Morgan fingerprint density at radius 1 is 1.19 bits per heavy atom. The minimum absolute atomic E-state index is 0.0509. The average Bonchev–Trinajstić information content (AvgIpc) is 3.40. The van der Waals surface area contributed by atoms with Crippen LogP contribution in [0.3, 0.4) is 0 Å². The van der Waals surface area contributed by atoms with E-state index in [9.17, 15) is 13.6 Å². The van der Waals surface area contributed by atoms with E-state index in [0.29, 0.717) is 23.5 Å². The number of hydrogen-bond acceptors (Lipinski definition) is 4. The SMILES string of the molecule is Cc1ccccc1Cn1cc(NC(=O)c2cc(-c3ccc(OC(F)F)cc3)n[nH]2)cn1. The molecule has 2 aromatic carbocycles. The maximum Gasteiger partial charge on any atom is 0.387 e. The minimum Gasteiger partial charge on any atom is -0.435 e. The van der Waals surface area contributed by atoms with E-state index in [2.05, 4.69) is 25.3 Å². The lowest BCUT2D eigenvalue weighted by Gasteiger charge is -2.05. The molecule has 1 amide bonds. The zero-order chi connectivity index (χ0) is 21.8. The fourth-order valence-corrected chi connectivity index (χ4v) is 3.07. The zero-order valence-electron chi connectivity index (χ0n) is 16.5. The summed E-state index contributed by atoms with van der Waals surface area (Å²) in [6.45, 7) is -0.244. The number of alkyl halides is 2. The molecule has 0 unspecified atom stereocenters. The van der Waals surface area contributed by atoms with Crippen LogP contribution in [0.1, 0.15) is 21.6 Å². The summed E-state index contributed by atoms with van der Waals surface area (Å²) in [7, 11) is 0. The number of amides is 1. The number of nitrogens with one attached hydrogen (secondary N) is 2. The number of anilines is 1. The van der Waals surface area contributed by atoms with Crippen molar-refractivity contribution in [2.75, 3.05) is 5.32 Å². The number of rotatable bonds is 7. The quantitative estimate of drug-likeness (QED) is 0.459. The molecule has 158 valence electrons. The number of halogens is 2. The molecule has 0 bridgehead atoms. The number of H-pyrrole nitrogens is 1. The number of aryl methyl sites for hydroxylation is 1. The molecule has 0 saturated heterocycles. The van der Waals surface area contributed by atoms with Gasteiger partial charge in [-0.05, 0) is 48.4 Å². The molecule has 2 heterocycles. The van der Waals surface area contributed by atoms with Crippen LogP contribution in [0.15, 0.2) is 67.0 Å². The van der Waals surface area contributed by atoms with Crippen LogP contribution in [0.5, 0.6) is 5.75 Å². The van der Waals surface area contributed by atoms with Crippen molar-refractivity contribution in [3.63, 3.8) is 0 Å². The van der Waals surface area contributed by atoms with Crippen LogP contribution in [-0.4, -0.2) is 32.5 Å². The summed E-state index contributed by atoms with van der Waals surface area (Å²) >= 11 is 0. The number of aromatic amines is 1. The lowest BCUT2D eigenvalue weighted by Crippen LogP contribution is -2.11. The lowest BCUT2D eigenvalue weighted by atomic mass is 10.1. The topological polar surface area (TPSA) is 84.8 Å². The summed E-state index contributed by atoms with van der Waals surface area (Å²) < 4.78 is 30.6. The predicted molar refractivity (Wildman–Crippen MR) is 111 cm³/mol. The normalized spacial score (nSPS) is 11.0. The summed E-state index contributed by atoms with van der Waals surface area (Å²) in [6, 6.07) is 15.6. The molecule has 2 N–H and O–H groups in total. The van der Waals surface area contributed by atoms with Gasteiger partial charge in [0.2, 0.25) is 0 Å². The predicted octanol–water partition coefficient (Wildman–Crippen LogP) is 4.48. The minimum atomic E-state index is -2.88. The van der Waals surface area contributed by atoms with Gasteiger partial charge in [0.15, 0.2) is 0 Å². The number of nitrogens with zero attached hydrogens (tertiary/aromatic N) is 3. The van der Waals surface area contributed by atoms with Crippen molar-refractivity contribution in [1.29, 1.82) is 0 Å². The molecule has 7 nitrogen and oxygen atoms in total. The Morgan fingerprint density at radius 2 is 1.97 bits per heavy atom.